The number of aliphatic hydroxyl groups excluding tert-OH is 1. The monoisotopic (exact) mass is 275 g/mol. The van der Waals surface area contributed by atoms with Crippen molar-refractivity contribution in [2.24, 2.45) is 0 Å². The predicted octanol–water partition coefficient (Wildman–Crippen LogP) is 0.463. The predicted molar refractivity (Wildman–Crippen MR) is 69.5 cm³/mol. The molecule has 0 radical (unpaired) electrons. The number of aliphatic hydroxyl groups is 1. The molecule has 0 aliphatic carbocycles. The molecule has 0 fully saturated rings. The van der Waals surface area contributed by atoms with Crippen LogP contribution in [0, 0.1) is 0 Å². The molecule has 104 valence electrons. The quantitative estimate of drug-likeness (QED) is 0.703. The number of hydrogen-bond donors (Lipinski definition) is 3. The van der Waals surface area contributed by atoms with Crippen molar-refractivity contribution in [1.29, 1.82) is 0 Å². The van der Waals surface area contributed by atoms with E-state index in [9.17, 15) is 14.7 Å². The van der Waals surface area contributed by atoms with Gasteiger partial charge in [0.05, 0.1) is 30.5 Å². The summed E-state index contributed by atoms with van der Waals surface area (Å²) in [6.07, 6.45) is 4.83. The summed E-state index contributed by atoms with van der Waals surface area (Å²) in [4.78, 5) is 26.9. The first-order valence-electron chi connectivity index (χ1n) is 5.86. The van der Waals surface area contributed by atoms with Gasteiger partial charge in [-0.2, -0.15) is 0 Å². The summed E-state index contributed by atoms with van der Waals surface area (Å²) in [5.41, 5.74) is 0.945. The minimum Gasteiger partial charge on any atom is -0.472 e. The van der Waals surface area contributed by atoms with Crippen LogP contribution in [0.2, 0.25) is 0 Å². The van der Waals surface area contributed by atoms with Crippen LogP contribution in [0.15, 0.2) is 47.5 Å². The fraction of sp³-hybridized carbons (Fsp3) is 0.154. The van der Waals surface area contributed by atoms with E-state index in [1.54, 1.807) is 24.4 Å². The fourth-order valence-electron chi connectivity index (χ4n) is 1.48. The standard InChI is InChI=1S/C13H13N3O4/c17-11(9-3-5-20-8-9)7-15-12(18)13(19)16-10-2-1-4-14-6-10/h1-6,8,11,17H,7H2,(H,15,18)(H,16,19)/t11-/m0/s1. The van der Waals surface area contributed by atoms with Crippen molar-refractivity contribution in [2.45, 2.75) is 6.10 Å². The van der Waals surface area contributed by atoms with E-state index < -0.39 is 17.9 Å². The summed E-state index contributed by atoms with van der Waals surface area (Å²) in [7, 11) is 0. The number of aromatic nitrogens is 1. The van der Waals surface area contributed by atoms with Gasteiger partial charge in [-0.3, -0.25) is 14.6 Å². The Hall–Kier alpha value is -2.67. The smallest absolute Gasteiger partial charge is 0.313 e. The van der Waals surface area contributed by atoms with Crippen molar-refractivity contribution in [3.05, 3.63) is 48.7 Å². The molecule has 2 heterocycles. The van der Waals surface area contributed by atoms with E-state index in [1.165, 1.54) is 18.7 Å². The Kier molecular flexibility index (Phi) is 4.46. The molecule has 0 bridgehead atoms. The van der Waals surface area contributed by atoms with Crippen LogP contribution in [0.5, 0.6) is 0 Å². The molecule has 0 saturated heterocycles. The molecule has 1 atom stereocenters. The number of hydrogen-bond acceptors (Lipinski definition) is 5. The van der Waals surface area contributed by atoms with Crippen molar-refractivity contribution in [2.75, 3.05) is 11.9 Å². The topological polar surface area (TPSA) is 104 Å². The lowest BCUT2D eigenvalue weighted by Gasteiger charge is -2.10. The van der Waals surface area contributed by atoms with Gasteiger partial charge in [0.2, 0.25) is 0 Å². The first-order valence-corrected chi connectivity index (χ1v) is 5.86. The van der Waals surface area contributed by atoms with Gasteiger partial charge in [-0.15, -0.1) is 0 Å². The molecule has 0 aromatic carbocycles. The summed E-state index contributed by atoms with van der Waals surface area (Å²) < 4.78 is 4.81. The molecule has 3 N–H and O–H groups in total. The van der Waals surface area contributed by atoms with Crippen LogP contribution in [0.3, 0.4) is 0 Å². The Morgan fingerprint density at radius 3 is 2.85 bits per heavy atom. The van der Waals surface area contributed by atoms with Crippen LogP contribution in [-0.4, -0.2) is 28.4 Å². The van der Waals surface area contributed by atoms with Crippen molar-refractivity contribution in [3.63, 3.8) is 0 Å². The molecular formula is C13H13N3O4. The van der Waals surface area contributed by atoms with Crippen LogP contribution >= 0.6 is 0 Å². The molecule has 20 heavy (non-hydrogen) atoms. The highest BCUT2D eigenvalue weighted by atomic mass is 16.3. The maximum Gasteiger partial charge on any atom is 0.313 e. The van der Waals surface area contributed by atoms with Gasteiger partial charge >= 0.3 is 11.8 Å². The molecule has 0 aliphatic rings. The third-order valence-corrected chi connectivity index (χ3v) is 2.51. The van der Waals surface area contributed by atoms with E-state index in [1.807, 2.05) is 0 Å². The number of anilines is 1. The second-order valence-electron chi connectivity index (χ2n) is 3.98. The van der Waals surface area contributed by atoms with Crippen LogP contribution in [0.1, 0.15) is 11.7 Å². The van der Waals surface area contributed by atoms with E-state index in [4.69, 9.17) is 4.42 Å². The molecule has 2 aromatic heterocycles. The third-order valence-electron chi connectivity index (χ3n) is 2.51. The molecule has 0 aliphatic heterocycles. The zero-order valence-electron chi connectivity index (χ0n) is 10.4. The summed E-state index contributed by atoms with van der Waals surface area (Å²) >= 11 is 0. The zero-order chi connectivity index (χ0) is 14.4. The highest BCUT2D eigenvalue weighted by Gasteiger charge is 2.16. The van der Waals surface area contributed by atoms with Crippen molar-refractivity contribution in [1.82, 2.24) is 10.3 Å². The van der Waals surface area contributed by atoms with Gasteiger partial charge in [0.25, 0.3) is 0 Å². The molecule has 2 rings (SSSR count). The SMILES string of the molecule is O=C(NC[C@H](O)c1ccoc1)C(=O)Nc1cccnc1. The number of nitrogens with zero attached hydrogens (tertiary/aromatic N) is 1. The van der Waals surface area contributed by atoms with Gasteiger partial charge in [0.15, 0.2) is 0 Å². The lowest BCUT2D eigenvalue weighted by Crippen LogP contribution is -2.37. The number of rotatable bonds is 4. The molecular weight excluding hydrogens is 262 g/mol. The molecule has 7 nitrogen and oxygen atoms in total. The van der Waals surface area contributed by atoms with Crippen LogP contribution < -0.4 is 10.6 Å². The Morgan fingerprint density at radius 1 is 1.35 bits per heavy atom. The average molecular weight is 275 g/mol. The highest BCUT2D eigenvalue weighted by Crippen LogP contribution is 2.11. The Bertz CT molecular complexity index is 569. The molecule has 2 aromatic rings. The fourth-order valence-corrected chi connectivity index (χ4v) is 1.48. The lowest BCUT2D eigenvalue weighted by molar-refractivity contribution is -0.136. The summed E-state index contributed by atoms with van der Waals surface area (Å²) in [5.74, 6) is -1.66. The zero-order valence-corrected chi connectivity index (χ0v) is 10.4. The second-order valence-corrected chi connectivity index (χ2v) is 3.98. The van der Waals surface area contributed by atoms with E-state index in [0.717, 1.165) is 0 Å². The van der Waals surface area contributed by atoms with E-state index in [0.29, 0.717) is 11.3 Å². The minimum absolute atomic E-state index is 0.0845. The van der Waals surface area contributed by atoms with Crippen LogP contribution in [-0.2, 0) is 9.59 Å². The normalized spacial score (nSPS) is 11.7. The molecule has 0 saturated carbocycles. The Balaban J connectivity index is 1.81. The largest absolute Gasteiger partial charge is 0.472 e. The Labute approximate surface area is 114 Å². The number of carbonyl (C=O) groups is 2. The van der Waals surface area contributed by atoms with Gasteiger partial charge in [-0.1, -0.05) is 0 Å². The highest BCUT2D eigenvalue weighted by molar-refractivity contribution is 6.39. The molecule has 7 heteroatoms. The first-order chi connectivity index (χ1) is 9.66. The summed E-state index contributed by atoms with van der Waals surface area (Å²) in [6, 6.07) is 4.82. The van der Waals surface area contributed by atoms with Crippen LogP contribution in [0.25, 0.3) is 0 Å². The van der Waals surface area contributed by atoms with Crippen LogP contribution in [0.4, 0.5) is 5.69 Å². The summed E-state index contributed by atoms with van der Waals surface area (Å²) in [6.45, 7) is -0.0845. The number of carbonyl (C=O) groups excluding carboxylic acids is 2. The second kappa shape index (κ2) is 6.48. The first kappa shape index (κ1) is 13.8. The number of pyridine rings is 1. The minimum atomic E-state index is -0.927. The molecule has 2 amide bonds. The number of nitrogens with one attached hydrogen (secondary N) is 2. The number of furan rings is 1. The molecule has 0 spiro atoms. The lowest BCUT2D eigenvalue weighted by atomic mass is 10.2. The Morgan fingerprint density at radius 2 is 2.20 bits per heavy atom. The van der Waals surface area contributed by atoms with Crippen molar-refractivity contribution >= 4 is 17.5 Å². The number of amides is 2. The van der Waals surface area contributed by atoms with Gasteiger partial charge < -0.3 is 20.2 Å². The van der Waals surface area contributed by atoms with E-state index in [-0.39, 0.29) is 6.54 Å². The average Bonchev–Trinajstić information content (AvgIpc) is 2.99. The van der Waals surface area contributed by atoms with Gasteiger partial charge in [-0.25, -0.2) is 0 Å². The van der Waals surface area contributed by atoms with Gasteiger partial charge in [0, 0.05) is 18.3 Å². The maximum atomic E-state index is 11.6. The third kappa shape index (κ3) is 3.66. The van der Waals surface area contributed by atoms with Crippen molar-refractivity contribution in [3.8, 4) is 0 Å². The van der Waals surface area contributed by atoms with Gasteiger partial charge in [0.1, 0.15) is 0 Å². The van der Waals surface area contributed by atoms with Gasteiger partial charge in [-0.05, 0) is 18.2 Å². The van der Waals surface area contributed by atoms with Crippen molar-refractivity contribution < 1.29 is 19.1 Å². The van der Waals surface area contributed by atoms with E-state index >= 15 is 0 Å². The molecule has 0 unspecified atom stereocenters. The van der Waals surface area contributed by atoms with E-state index in [2.05, 4.69) is 15.6 Å². The maximum absolute atomic E-state index is 11.6. The summed E-state index contributed by atoms with van der Waals surface area (Å²) in [5, 5.41) is 14.4.